The standard InChI is InChI=1S/C14H18INO2/c1-2-11(7-9-3-4-9)16-14(18)10-5-6-12(15)13(17)8-10/h5-6,8-9,11,17H,2-4,7H2,1H3,(H,16,18). The van der Waals surface area contributed by atoms with E-state index in [2.05, 4.69) is 12.2 Å². The largest absolute Gasteiger partial charge is 0.507 e. The molecule has 1 aliphatic rings. The highest BCUT2D eigenvalue weighted by Gasteiger charge is 2.25. The minimum atomic E-state index is -0.0887. The van der Waals surface area contributed by atoms with Gasteiger partial charge < -0.3 is 10.4 Å². The summed E-state index contributed by atoms with van der Waals surface area (Å²) >= 11 is 2.04. The Morgan fingerprint density at radius 2 is 2.28 bits per heavy atom. The Morgan fingerprint density at radius 1 is 1.56 bits per heavy atom. The second kappa shape index (κ2) is 5.91. The van der Waals surface area contributed by atoms with E-state index in [9.17, 15) is 9.90 Å². The maximum absolute atomic E-state index is 12.1. The summed E-state index contributed by atoms with van der Waals surface area (Å²) in [5.41, 5.74) is 0.530. The first-order chi connectivity index (χ1) is 8.60. The number of benzene rings is 1. The predicted octanol–water partition coefficient (Wildman–Crippen LogP) is 3.31. The van der Waals surface area contributed by atoms with Gasteiger partial charge in [-0.15, -0.1) is 0 Å². The number of nitrogens with one attached hydrogen (secondary N) is 1. The van der Waals surface area contributed by atoms with E-state index in [1.165, 1.54) is 18.9 Å². The summed E-state index contributed by atoms with van der Waals surface area (Å²) in [7, 11) is 0. The molecule has 0 bridgehead atoms. The highest BCUT2D eigenvalue weighted by Crippen LogP contribution is 2.34. The second-order valence-corrected chi connectivity index (χ2v) is 6.09. The van der Waals surface area contributed by atoms with Crippen molar-refractivity contribution < 1.29 is 9.90 Å². The Balaban J connectivity index is 1.98. The lowest BCUT2D eigenvalue weighted by atomic mass is 10.1. The number of halogens is 1. The molecule has 1 aliphatic carbocycles. The van der Waals surface area contributed by atoms with Crippen LogP contribution in [0.1, 0.15) is 43.0 Å². The lowest BCUT2D eigenvalue weighted by Crippen LogP contribution is -2.34. The van der Waals surface area contributed by atoms with Crippen LogP contribution in [0, 0.1) is 9.49 Å². The number of carbonyl (C=O) groups excluding carboxylic acids is 1. The van der Waals surface area contributed by atoms with E-state index >= 15 is 0 Å². The van der Waals surface area contributed by atoms with Gasteiger partial charge in [-0.2, -0.15) is 0 Å². The first kappa shape index (κ1) is 13.6. The van der Waals surface area contributed by atoms with Crippen molar-refractivity contribution in [1.82, 2.24) is 5.32 Å². The Labute approximate surface area is 121 Å². The van der Waals surface area contributed by atoms with Gasteiger partial charge in [0, 0.05) is 11.6 Å². The van der Waals surface area contributed by atoms with E-state index in [0.717, 1.165) is 22.3 Å². The van der Waals surface area contributed by atoms with E-state index in [1.54, 1.807) is 12.1 Å². The third kappa shape index (κ3) is 3.60. The molecule has 0 saturated heterocycles. The van der Waals surface area contributed by atoms with Gasteiger partial charge in [0.05, 0.1) is 3.57 Å². The maximum atomic E-state index is 12.1. The quantitative estimate of drug-likeness (QED) is 0.793. The van der Waals surface area contributed by atoms with Crippen molar-refractivity contribution >= 4 is 28.5 Å². The number of amides is 1. The summed E-state index contributed by atoms with van der Waals surface area (Å²) in [5, 5.41) is 12.7. The number of hydrogen-bond donors (Lipinski definition) is 2. The van der Waals surface area contributed by atoms with Gasteiger partial charge in [0.25, 0.3) is 5.91 Å². The molecule has 1 unspecified atom stereocenters. The van der Waals surface area contributed by atoms with Crippen LogP contribution < -0.4 is 5.32 Å². The molecular formula is C14H18INO2. The van der Waals surface area contributed by atoms with E-state index in [4.69, 9.17) is 0 Å². The van der Waals surface area contributed by atoms with Gasteiger partial charge in [0.2, 0.25) is 0 Å². The first-order valence-electron chi connectivity index (χ1n) is 6.39. The number of hydrogen-bond acceptors (Lipinski definition) is 2. The zero-order valence-corrected chi connectivity index (χ0v) is 12.6. The molecule has 4 heteroatoms. The second-order valence-electron chi connectivity index (χ2n) is 4.92. The summed E-state index contributed by atoms with van der Waals surface area (Å²) in [4.78, 5) is 12.1. The van der Waals surface area contributed by atoms with Gasteiger partial charge in [0.15, 0.2) is 0 Å². The Kier molecular flexibility index (Phi) is 4.48. The van der Waals surface area contributed by atoms with Gasteiger partial charge in [-0.1, -0.05) is 19.8 Å². The van der Waals surface area contributed by atoms with Crippen LogP contribution in [0.3, 0.4) is 0 Å². The van der Waals surface area contributed by atoms with Crippen LogP contribution in [0.15, 0.2) is 18.2 Å². The zero-order chi connectivity index (χ0) is 13.1. The number of carbonyl (C=O) groups is 1. The van der Waals surface area contributed by atoms with Crippen LogP contribution in [0.25, 0.3) is 0 Å². The van der Waals surface area contributed by atoms with Crippen LogP contribution in [0.2, 0.25) is 0 Å². The lowest BCUT2D eigenvalue weighted by molar-refractivity contribution is 0.0932. The third-order valence-electron chi connectivity index (χ3n) is 3.35. The van der Waals surface area contributed by atoms with Crippen LogP contribution in [0.5, 0.6) is 5.75 Å². The average molecular weight is 359 g/mol. The molecule has 0 aromatic heterocycles. The molecule has 1 amide bonds. The van der Waals surface area contributed by atoms with Crippen molar-refractivity contribution in [3.63, 3.8) is 0 Å². The molecule has 0 heterocycles. The monoisotopic (exact) mass is 359 g/mol. The van der Waals surface area contributed by atoms with E-state index in [-0.39, 0.29) is 17.7 Å². The van der Waals surface area contributed by atoms with Crippen molar-refractivity contribution in [2.45, 2.75) is 38.6 Å². The summed E-state index contributed by atoms with van der Waals surface area (Å²) in [6, 6.07) is 5.29. The number of rotatable bonds is 5. The lowest BCUT2D eigenvalue weighted by Gasteiger charge is -2.16. The van der Waals surface area contributed by atoms with E-state index in [1.807, 2.05) is 22.6 Å². The highest BCUT2D eigenvalue weighted by atomic mass is 127. The molecule has 0 radical (unpaired) electrons. The summed E-state index contributed by atoms with van der Waals surface area (Å²) in [6.07, 6.45) is 4.64. The Hall–Kier alpha value is -0.780. The van der Waals surface area contributed by atoms with Crippen molar-refractivity contribution in [1.29, 1.82) is 0 Å². The van der Waals surface area contributed by atoms with Gasteiger partial charge >= 0.3 is 0 Å². The van der Waals surface area contributed by atoms with E-state index < -0.39 is 0 Å². The SMILES string of the molecule is CCC(CC1CC1)NC(=O)c1ccc(I)c(O)c1. The fourth-order valence-electron chi connectivity index (χ4n) is 2.01. The molecule has 1 aromatic carbocycles. The average Bonchev–Trinajstić information content (AvgIpc) is 3.15. The number of phenolic OH excluding ortho intramolecular Hbond substituents is 1. The molecule has 1 fully saturated rings. The minimum absolute atomic E-state index is 0.0887. The molecular weight excluding hydrogens is 341 g/mol. The molecule has 18 heavy (non-hydrogen) atoms. The van der Waals surface area contributed by atoms with Gasteiger partial charge in [-0.25, -0.2) is 0 Å². The van der Waals surface area contributed by atoms with Gasteiger partial charge in [0.1, 0.15) is 5.75 Å². The van der Waals surface area contributed by atoms with Crippen LogP contribution in [-0.4, -0.2) is 17.1 Å². The number of phenols is 1. The summed E-state index contributed by atoms with van der Waals surface area (Å²) in [5.74, 6) is 0.882. The van der Waals surface area contributed by atoms with Crippen LogP contribution >= 0.6 is 22.6 Å². The Bertz CT molecular complexity index is 443. The molecule has 98 valence electrons. The zero-order valence-electron chi connectivity index (χ0n) is 10.4. The molecule has 2 rings (SSSR count). The molecule has 0 spiro atoms. The van der Waals surface area contributed by atoms with Crippen molar-refractivity contribution in [3.05, 3.63) is 27.3 Å². The molecule has 2 N–H and O–H groups in total. The Morgan fingerprint density at radius 3 is 2.83 bits per heavy atom. The molecule has 1 aromatic rings. The summed E-state index contributed by atoms with van der Waals surface area (Å²) in [6.45, 7) is 2.10. The fraction of sp³-hybridized carbons (Fsp3) is 0.500. The normalized spacial score (nSPS) is 16.3. The fourth-order valence-corrected chi connectivity index (χ4v) is 2.34. The molecule has 1 atom stereocenters. The molecule has 0 aliphatic heterocycles. The van der Waals surface area contributed by atoms with Crippen molar-refractivity contribution in [2.24, 2.45) is 5.92 Å². The van der Waals surface area contributed by atoms with E-state index in [0.29, 0.717) is 5.56 Å². The number of aromatic hydroxyl groups is 1. The van der Waals surface area contributed by atoms with Crippen molar-refractivity contribution in [2.75, 3.05) is 0 Å². The summed E-state index contributed by atoms with van der Waals surface area (Å²) < 4.78 is 0.758. The predicted molar refractivity (Wildman–Crippen MR) is 79.7 cm³/mol. The third-order valence-corrected chi connectivity index (χ3v) is 4.26. The molecule has 3 nitrogen and oxygen atoms in total. The first-order valence-corrected chi connectivity index (χ1v) is 7.47. The topological polar surface area (TPSA) is 49.3 Å². The van der Waals surface area contributed by atoms with Crippen LogP contribution in [0.4, 0.5) is 0 Å². The highest BCUT2D eigenvalue weighted by molar-refractivity contribution is 14.1. The van der Waals surface area contributed by atoms with Crippen LogP contribution in [-0.2, 0) is 0 Å². The molecule has 1 saturated carbocycles. The van der Waals surface area contributed by atoms with Gasteiger partial charge in [-0.05, 0) is 59.5 Å². The maximum Gasteiger partial charge on any atom is 0.251 e. The minimum Gasteiger partial charge on any atom is -0.507 e. The van der Waals surface area contributed by atoms with Gasteiger partial charge in [-0.3, -0.25) is 4.79 Å². The smallest absolute Gasteiger partial charge is 0.251 e. The van der Waals surface area contributed by atoms with Crippen molar-refractivity contribution in [3.8, 4) is 5.75 Å².